The molecule has 1 aliphatic rings. The zero-order valence-electron chi connectivity index (χ0n) is 11.3. The first-order valence-electron chi connectivity index (χ1n) is 6.49. The number of carboxylic acid groups (broad SMARTS) is 1. The summed E-state index contributed by atoms with van der Waals surface area (Å²) < 4.78 is 5.13. The quantitative estimate of drug-likeness (QED) is 0.828. The first-order chi connectivity index (χ1) is 9.61. The molecule has 20 heavy (non-hydrogen) atoms. The van der Waals surface area contributed by atoms with Crippen LogP contribution >= 0.6 is 0 Å². The normalized spacial score (nSPS) is 17.6. The third kappa shape index (κ3) is 3.17. The van der Waals surface area contributed by atoms with Crippen LogP contribution in [-0.2, 0) is 4.79 Å². The Bertz CT molecular complexity index is 551. The number of ether oxygens (including phenoxy) is 1. The zero-order chi connectivity index (χ0) is 14.5. The number of carbonyl (C=O) groups excluding carboxylic acids is 1. The first kappa shape index (κ1) is 14.1. The van der Waals surface area contributed by atoms with Crippen LogP contribution in [0.15, 0.2) is 30.4 Å². The van der Waals surface area contributed by atoms with Crippen molar-refractivity contribution in [1.82, 2.24) is 0 Å². The Balaban J connectivity index is 2.14. The van der Waals surface area contributed by atoms with Crippen LogP contribution in [0.25, 0.3) is 0 Å². The number of carboxylic acids is 1. The lowest BCUT2D eigenvalue weighted by molar-refractivity contribution is -0.120. The molecule has 0 aromatic heterocycles. The minimum Gasteiger partial charge on any atom is -0.495 e. The summed E-state index contributed by atoms with van der Waals surface area (Å²) in [6, 6.07) is 4.40. The summed E-state index contributed by atoms with van der Waals surface area (Å²) in [5, 5.41) is 11.7. The maximum Gasteiger partial charge on any atom is 0.335 e. The van der Waals surface area contributed by atoms with E-state index < -0.39 is 5.97 Å². The fraction of sp³-hybridized carbons (Fsp3) is 0.333. The van der Waals surface area contributed by atoms with Crippen LogP contribution in [0.4, 0.5) is 5.69 Å². The molecule has 5 nitrogen and oxygen atoms in total. The maximum atomic E-state index is 12.1. The van der Waals surface area contributed by atoms with Crippen LogP contribution in [0.2, 0.25) is 0 Å². The minimum atomic E-state index is -1.03. The van der Waals surface area contributed by atoms with Crippen molar-refractivity contribution in [2.75, 3.05) is 12.4 Å². The number of allylic oxidation sites excluding steroid dienone is 2. The van der Waals surface area contributed by atoms with E-state index in [-0.39, 0.29) is 17.4 Å². The third-order valence-corrected chi connectivity index (χ3v) is 3.35. The van der Waals surface area contributed by atoms with E-state index in [2.05, 4.69) is 11.4 Å². The van der Waals surface area contributed by atoms with Crippen LogP contribution in [0, 0.1) is 5.92 Å². The molecule has 5 heteroatoms. The molecule has 1 aromatic rings. The van der Waals surface area contributed by atoms with E-state index in [0.29, 0.717) is 11.4 Å². The molecule has 0 fully saturated rings. The molecule has 0 saturated heterocycles. The van der Waals surface area contributed by atoms with E-state index >= 15 is 0 Å². The number of nitrogens with one attached hydrogen (secondary N) is 1. The van der Waals surface area contributed by atoms with Gasteiger partial charge in [0, 0.05) is 5.92 Å². The van der Waals surface area contributed by atoms with Gasteiger partial charge in [0.05, 0.1) is 18.4 Å². The first-order valence-corrected chi connectivity index (χ1v) is 6.49. The molecule has 0 saturated carbocycles. The smallest absolute Gasteiger partial charge is 0.335 e. The van der Waals surface area contributed by atoms with Gasteiger partial charge in [0.25, 0.3) is 0 Å². The number of methoxy groups -OCH3 is 1. The molecule has 0 spiro atoms. The van der Waals surface area contributed by atoms with Crippen molar-refractivity contribution < 1.29 is 19.4 Å². The summed E-state index contributed by atoms with van der Waals surface area (Å²) in [4.78, 5) is 23.0. The zero-order valence-corrected chi connectivity index (χ0v) is 11.3. The van der Waals surface area contributed by atoms with E-state index in [1.807, 2.05) is 6.08 Å². The lowest BCUT2D eigenvalue weighted by Gasteiger charge is -2.18. The second kappa shape index (κ2) is 6.23. The molecule has 1 aromatic carbocycles. The Morgan fingerprint density at radius 2 is 2.15 bits per heavy atom. The van der Waals surface area contributed by atoms with Gasteiger partial charge in [0.2, 0.25) is 5.91 Å². The summed E-state index contributed by atoms with van der Waals surface area (Å²) >= 11 is 0. The SMILES string of the molecule is COc1cc(C(=O)O)ccc1NC(=O)C1CC=CCC1. The van der Waals surface area contributed by atoms with Gasteiger partial charge in [-0.3, -0.25) is 4.79 Å². The number of hydrogen-bond acceptors (Lipinski definition) is 3. The molecular weight excluding hydrogens is 258 g/mol. The Hall–Kier alpha value is -2.30. The van der Waals surface area contributed by atoms with E-state index in [4.69, 9.17) is 9.84 Å². The monoisotopic (exact) mass is 275 g/mol. The molecule has 1 atom stereocenters. The number of amides is 1. The van der Waals surface area contributed by atoms with E-state index in [1.165, 1.54) is 19.2 Å². The lowest BCUT2D eigenvalue weighted by Crippen LogP contribution is -2.23. The number of rotatable bonds is 4. The largest absolute Gasteiger partial charge is 0.495 e. The number of hydrogen-bond donors (Lipinski definition) is 2. The van der Waals surface area contributed by atoms with Crippen LogP contribution in [0.1, 0.15) is 29.6 Å². The van der Waals surface area contributed by atoms with Crippen LogP contribution in [0.5, 0.6) is 5.75 Å². The number of anilines is 1. The standard InChI is InChI=1S/C15H17NO4/c1-20-13-9-11(15(18)19)7-8-12(13)16-14(17)10-5-3-2-4-6-10/h2-3,7-10H,4-6H2,1H3,(H,16,17)(H,18,19). The molecule has 1 amide bonds. The highest BCUT2D eigenvalue weighted by atomic mass is 16.5. The van der Waals surface area contributed by atoms with Gasteiger partial charge in [-0.15, -0.1) is 0 Å². The Morgan fingerprint density at radius 3 is 2.75 bits per heavy atom. The van der Waals surface area contributed by atoms with Crippen molar-refractivity contribution in [2.24, 2.45) is 5.92 Å². The van der Waals surface area contributed by atoms with Crippen LogP contribution < -0.4 is 10.1 Å². The topological polar surface area (TPSA) is 75.6 Å². The fourth-order valence-electron chi connectivity index (χ4n) is 2.19. The number of aromatic carboxylic acids is 1. The van der Waals surface area contributed by atoms with Crippen molar-refractivity contribution in [3.05, 3.63) is 35.9 Å². The summed E-state index contributed by atoms with van der Waals surface area (Å²) in [5.74, 6) is -0.775. The summed E-state index contributed by atoms with van der Waals surface area (Å²) in [5.41, 5.74) is 0.623. The average molecular weight is 275 g/mol. The molecule has 1 unspecified atom stereocenters. The lowest BCUT2D eigenvalue weighted by atomic mass is 9.93. The molecule has 0 radical (unpaired) electrons. The van der Waals surface area contributed by atoms with Crippen molar-refractivity contribution in [1.29, 1.82) is 0 Å². The molecule has 2 rings (SSSR count). The average Bonchev–Trinajstić information content (AvgIpc) is 2.48. The van der Waals surface area contributed by atoms with Gasteiger partial charge < -0.3 is 15.2 Å². The van der Waals surface area contributed by atoms with Crippen molar-refractivity contribution in [2.45, 2.75) is 19.3 Å². The van der Waals surface area contributed by atoms with Gasteiger partial charge in [0.15, 0.2) is 0 Å². The van der Waals surface area contributed by atoms with Crippen molar-refractivity contribution in [3.63, 3.8) is 0 Å². The second-order valence-electron chi connectivity index (χ2n) is 4.69. The summed E-state index contributed by atoms with van der Waals surface area (Å²) in [6.45, 7) is 0. The highest BCUT2D eigenvalue weighted by Crippen LogP contribution is 2.27. The predicted molar refractivity (Wildman–Crippen MR) is 75.1 cm³/mol. The molecule has 1 aliphatic carbocycles. The predicted octanol–water partition coefficient (Wildman–Crippen LogP) is 2.69. The van der Waals surface area contributed by atoms with Crippen LogP contribution in [-0.4, -0.2) is 24.1 Å². The molecule has 2 N–H and O–H groups in total. The van der Waals surface area contributed by atoms with Gasteiger partial charge in [-0.1, -0.05) is 12.2 Å². The third-order valence-electron chi connectivity index (χ3n) is 3.35. The molecule has 0 aliphatic heterocycles. The highest BCUT2D eigenvalue weighted by molar-refractivity contribution is 5.95. The van der Waals surface area contributed by atoms with Gasteiger partial charge in [-0.05, 0) is 37.5 Å². The van der Waals surface area contributed by atoms with E-state index in [0.717, 1.165) is 19.3 Å². The van der Waals surface area contributed by atoms with Gasteiger partial charge in [-0.2, -0.15) is 0 Å². The minimum absolute atomic E-state index is 0.0381. The fourth-order valence-corrected chi connectivity index (χ4v) is 2.19. The Labute approximate surface area is 117 Å². The van der Waals surface area contributed by atoms with Gasteiger partial charge >= 0.3 is 5.97 Å². The maximum absolute atomic E-state index is 12.1. The second-order valence-corrected chi connectivity index (χ2v) is 4.69. The molecular formula is C15H17NO4. The van der Waals surface area contributed by atoms with Crippen molar-refractivity contribution >= 4 is 17.6 Å². The Morgan fingerprint density at radius 1 is 1.35 bits per heavy atom. The number of carbonyl (C=O) groups is 2. The molecule has 106 valence electrons. The van der Waals surface area contributed by atoms with Gasteiger partial charge in [-0.25, -0.2) is 4.79 Å². The van der Waals surface area contributed by atoms with E-state index in [9.17, 15) is 9.59 Å². The highest BCUT2D eigenvalue weighted by Gasteiger charge is 2.20. The van der Waals surface area contributed by atoms with Crippen LogP contribution in [0.3, 0.4) is 0 Å². The van der Waals surface area contributed by atoms with Gasteiger partial charge in [0.1, 0.15) is 5.75 Å². The summed E-state index contributed by atoms with van der Waals surface area (Å²) in [7, 11) is 1.44. The molecule has 0 bridgehead atoms. The summed E-state index contributed by atoms with van der Waals surface area (Å²) in [6.07, 6.45) is 6.57. The number of benzene rings is 1. The Kier molecular flexibility index (Phi) is 4.40. The van der Waals surface area contributed by atoms with Crippen molar-refractivity contribution in [3.8, 4) is 5.75 Å². The molecule has 0 heterocycles. The van der Waals surface area contributed by atoms with E-state index in [1.54, 1.807) is 6.07 Å².